The Bertz CT molecular complexity index is 1400. The summed E-state index contributed by atoms with van der Waals surface area (Å²) in [6.45, 7) is 2.85. The van der Waals surface area contributed by atoms with Crippen LogP contribution in [-0.2, 0) is 19.0 Å². The molecule has 0 bridgehead atoms. The van der Waals surface area contributed by atoms with E-state index in [9.17, 15) is 0 Å². The number of piperidine rings is 1. The second-order valence-corrected chi connectivity index (χ2v) is 8.80. The van der Waals surface area contributed by atoms with E-state index in [0.29, 0.717) is 11.6 Å². The zero-order valence-corrected chi connectivity index (χ0v) is 19.6. The van der Waals surface area contributed by atoms with Crippen molar-refractivity contribution in [1.82, 2.24) is 14.5 Å². The van der Waals surface area contributed by atoms with Crippen molar-refractivity contribution in [3.8, 4) is 17.3 Å². The molecular weight excluding hydrogens is 440 g/mol. The first kappa shape index (κ1) is 22.0. The monoisotopic (exact) mass is 465 g/mol. The average molecular weight is 466 g/mol. The third-order valence-corrected chi connectivity index (χ3v) is 6.51. The number of benzene rings is 3. The highest BCUT2D eigenvalue weighted by Crippen LogP contribution is 2.29. The topological polar surface area (TPSA) is 81.3 Å². The second-order valence-electron chi connectivity index (χ2n) is 8.64. The van der Waals surface area contributed by atoms with Gasteiger partial charge in [0.25, 0.3) is 0 Å². The van der Waals surface area contributed by atoms with E-state index in [4.69, 9.17) is 5.26 Å². The van der Waals surface area contributed by atoms with Crippen LogP contribution in [0.15, 0.2) is 77.9 Å². The highest BCUT2D eigenvalue weighted by Gasteiger charge is 2.19. The summed E-state index contributed by atoms with van der Waals surface area (Å²) in [5, 5.41) is 17.9. The number of nitrogens with one attached hydrogen (secondary N) is 2. The Balaban J connectivity index is 1.22. The molecule has 5 rings (SSSR count). The molecule has 4 aromatic rings. The minimum absolute atomic E-state index is 0.492. The van der Waals surface area contributed by atoms with E-state index in [1.165, 1.54) is 11.3 Å². The maximum Gasteiger partial charge on any atom is 0.464 e. The van der Waals surface area contributed by atoms with Crippen LogP contribution in [0.2, 0.25) is 0 Å². The number of hydrogen-bond acceptors (Lipinski definition) is 5. The number of rotatable bonds is 6. The predicted molar refractivity (Wildman–Crippen MR) is 139 cm³/mol. The molecule has 0 unspecified atom stereocenters. The standard InChI is InChI=1S/C27H24N6S/c28-17-19-7-8-26-22(13-19)16-27(30-26)21-4-2-6-25(15-21)33-11-9-23(10-12-33)29-18-20-3-1-5-24(14-20)31-32-34/h1-8,13-16,23,29H,9-12,18H2/p+1. The molecule has 1 saturated heterocycles. The molecule has 0 atom stereocenters. The first-order valence-electron chi connectivity index (χ1n) is 11.5. The number of nitrogens with zero attached hydrogens (tertiary/aromatic N) is 4. The minimum Gasteiger partial charge on any atom is -0.371 e. The number of hydrogen-bond donors (Lipinski definition) is 2. The maximum atomic E-state index is 9.16. The molecule has 0 saturated carbocycles. The van der Waals surface area contributed by atoms with Crippen LogP contribution in [0.5, 0.6) is 0 Å². The number of aromatic amines is 1. The van der Waals surface area contributed by atoms with Crippen molar-refractivity contribution in [2.24, 2.45) is 5.11 Å². The molecule has 7 heteroatoms. The van der Waals surface area contributed by atoms with Crippen molar-refractivity contribution in [1.29, 1.82) is 5.26 Å². The van der Waals surface area contributed by atoms with Gasteiger partial charge in [0.2, 0.25) is 0 Å². The normalized spacial score (nSPS) is 14.0. The molecule has 2 N–H and O–H groups in total. The van der Waals surface area contributed by atoms with E-state index < -0.39 is 0 Å². The van der Waals surface area contributed by atoms with Crippen LogP contribution >= 0.6 is 0 Å². The fourth-order valence-corrected chi connectivity index (χ4v) is 4.70. The van der Waals surface area contributed by atoms with Crippen LogP contribution in [0.25, 0.3) is 22.2 Å². The van der Waals surface area contributed by atoms with Gasteiger partial charge in [-0.2, -0.15) is 5.26 Å². The Morgan fingerprint density at radius 1 is 1.06 bits per heavy atom. The summed E-state index contributed by atoms with van der Waals surface area (Å²) in [5.74, 6) is 0. The van der Waals surface area contributed by atoms with Gasteiger partial charge < -0.3 is 15.2 Å². The SMILES string of the molecule is N#Cc1ccc2[nH]c(-c3cccc(N4CCC(NCc5cccc(N=[N+]=S)c5)CC4)c3)cc2c1. The molecule has 6 nitrogen and oxygen atoms in total. The van der Waals surface area contributed by atoms with E-state index in [2.05, 4.69) is 79.4 Å². The lowest BCUT2D eigenvalue weighted by Gasteiger charge is -2.34. The third kappa shape index (κ3) is 4.90. The predicted octanol–water partition coefficient (Wildman–Crippen LogP) is 5.35. The van der Waals surface area contributed by atoms with Gasteiger partial charge in [-0.05, 0) is 72.5 Å². The lowest BCUT2D eigenvalue weighted by molar-refractivity contribution is 0.414. The Morgan fingerprint density at radius 2 is 1.91 bits per heavy atom. The van der Waals surface area contributed by atoms with Crippen LogP contribution in [0.3, 0.4) is 0 Å². The smallest absolute Gasteiger partial charge is 0.371 e. The van der Waals surface area contributed by atoms with Gasteiger partial charge >= 0.3 is 12.4 Å². The maximum absolute atomic E-state index is 9.16. The van der Waals surface area contributed by atoms with Gasteiger partial charge in [-0.3, -0.25) is 0 Å². The summed E-state index contributed by atoms with van der Waals surface area (Å²) >= 11 is 4.58. The molecule has 1 fully saturated rings. The Labute approximate surface area is 204 Å². The van der Waals surface area contributed by atoms with Crippen molar-refractivity contribution in [2.45, 2.75) is 25.4 Å². The summed E-state index contributed by atoms with van der Waals surface area (Å²) in [6, 6.07) is 27.3. The molecule has 34 heavy (non-hydrogen) atoms. The summed E-state index contributed by atoms with van der Waals surface area (Å²) in [4.78, 5) is 5.95. The number of aromatic nitrogens is 1. The van der Waals surface area contributed by atoms with E-state index in [-0.39, 0.29) is 0 Å². The molecule has 0 radical (unpaired) electrons. The van der Waals surface area contributed by atoms with Crippen molar-refractivity contribution < 1.29 is 0 Å². The zero-order valence-electron chi connectivity index (χ0n) is 18.7. The Morgan fingerprint density at radius 3 is 2.74 bits per heavy atom. The van der Waals surface area contributed by atoms with E-state index in [1.54, 1.807) is 0 Å². The van der Waals surface area contributed by atoms with E-state index in [0.717, 1.165) is 60.3 Å². The van der Waals surface area contributed by atoms with Crippen molar-refractivity contribution in [3.05, 3.63) is 83.9 Å². The second kappa shape index (κ2) is 9.98. The average Bonchev–Trinajstić information content (AvgIpc) is 3.32. The Kier molecular flexibility index (Phi) is 6.46. The molecule has 0 spiro atoms. The lowest BCUT2D eigenvalue weighted by Crippen LogP contribution is -2.42. The van der Waals surface area contributed by atoms with Crippen LogP contribution < -0.4 is 14.4 Å². The van der Waals surface area contributed by atoms with Crippen LogP contribution in [-0.4, -0.2) is 24.1 Å². The molecule has 0 amide bonds. The molecule has 1 aromatic heterocycles. The molecule has 0 aliphatic carbocycles. The van der Waals surface area contributed by atoms with Gasteiger partial charge in [-0.15, -0.1) is 0 Å². The fourth-order valence-electron chi connectivity index (χ4n) is 4.61. The lowest BCUT2D eigenvalue weighted by atomic mass is 10.0. The molecule has 3 aromatic carbocycles. The van der Waals surface area contributed by atoms with Crippen LogP contribution in [0.1, 0.15) is 24.0 Å². The Hall–Kier alpha value is -3.82. The molecular formula is C27H25N6S+. The van der Waals surface area contributed by atoms with Crippen LogP contribution in [0.4, 0.5) is 11.4 Å². The fraction of sp³-hybridized carbons (Fsp3) is 0.222. The molecule has 1 aliphatic rings. The van der Waals surface area contributed by atoms with E-state index >= 15 is 0 Å². The number of fused-ring (bicyclic) bond motifs is 1. The largest absolute Gasteiger partial charge is 0.464 e. The summed E-state index contributed by atoms with van der Waals surface area (Å²) in [7, 11) is 0. The zero-order chi connectivity index (χ0) is 23.3. The molecule has 2 heterocycles. The van der Waals surface area contributed by atoms with Gasteiger partial charge in [0.05, 0.1) is 11.6 Å². The minimum atomic E-state index is 0.492. The van der Waals surface area contributed by atoms with Crippen molar-refractivity contribution >= 4 is 34.7 Å². The van der Waals surface area contributed by atoms with E-state index in [1.807, 2.05) is 36.4 Å². The molecule has 168 valence electrons. The van der Waals surface area contributed by atoms with Crippen LogP contribution in [0, 0.1) is 11.3 Å². The van der Waals surface area contributed by atoms with Crippen molar-refractivity contribution in [3.63, 3.8) is 0 Å². The summed E-state index contributed by atoms with van der Waals surface area (Å²) < 4.78 is 3.45. The van der Waals surface area contributed by atoms with Gasteiger partial charge in [-0.25, -0.2) is 0 Å². The van der Waals surface area contributed by atoms with Crippen molar-refractivity contribution in [2.75, 3.05) is 18.0 Å². The summed E-state index contributed by atoms with van der Waals surface area (Å²) in [5.41, 5.74) is 7.18. The number of H-pyrrole nitrogens is 1. The quantitative estimate of drug-likeness (QED) is 0.297. The summed E-state index contributed by atoms with van der Waals surface area (Å²) in [6.07, 6.45) is 2.19. The van der Waals surface area contributed by atoms with Gasteiger partial charge in [0, 0.05) is 48.0 Å². The third-order valence-electron chi connectivity index (χ3n) is 6.43. The molecule has 1 aliphatic heterocycles. The van der Waals surface area contributed by atoms with Gasteiger partial charge in [0.15, 0.2) is 9.85 Å². The highest BCUT2D eigenvalue weighted by molar-refractivity contribution is 7.46. The van der Waals surface area contributed by atoms with Gasteiger partial charge in [-0.1, -0.05) is 24.3 Å². The number of nitriles is 1. The van der Waals surface area contributed by atoms with Gasteiger partial charge in [0.1, 0.15) is 5.11 Å². The first-order chi connectivity index (χ1) is 16.7. The number of anilines is 1. The first-order valence-corrected chi connectivity index (χ1v) is 11.8. The highest BCUT2D eigenvalue weighted by atomic mass is 32.1.